The lowest BCUT2D eigenvalue weighted by Gasteiger charge is -2.07. The Kier molecular flexibility index (Phi) is 5.22. The number of para-hydroxylation sites is 1. The van der Waals surface area contributed by atoms with E-state index in [0.29, 0.717) is 19.4 Å². The predicted molar refractivity (Wildman–Crippen MR) is 62.9 cm³/mol. The standard InChI is InChI=1S/C11H14ClFN2O/c12-8-4-3-5-9(13)11(8)15-10(16)6-1-2-7-14/h3-5H,1-2,6-7,14H2,(H,15,16). The van der Waals surface area contributed by atoms with Gasteiger partial charge < -0.3 is 11.1 Å². The maximum Gasteiger partial charge on any atom is 0.224 e. The van der Waals surface area contributed by atoms with Crippen molar-refractivity contribution in [2.24, 2.45) is 5.73 Å². The second-order valence-electron chi connectivity index (χ2n) is 3.39. The Morgan fingerprint density at radius 1 is 1.44 bits per heavy atom. The molecule has 0 atom stereocenters. The summed E-state index contributed by atoms with van der Waals surface area (Å²) in [4.78, 5) is 11.4. The molecule has 1 aromatic carbocycles. The van der Waals surface area contributed by atoms with Crippen molar-refractivity contribution in [1.82, 2.24) is 0 Å². The Morgan fingerprint density at radius 3 is 2.81 bits per heavy atom. The summed E-state index contributed by atoms with van der Waals surface area (Å²) in [5, 5.41) is 2.65. The van der Waals surface area contributed by atoms with Crippen LogP contribution in [0, 0.1) is 5.82 Å². The van der Waals surface area contributed by atoms with Gasteiger partial charge in [0, 0.05) is 6.42 Å². The molecule has 16 heavy (non-hydrogen) atoms. The number of hydrogen-bond donors (Lipinski definition) is 2. The minimum Gasteiger partial charge on any atom is -0.330 e. The highest BCUT2D eigenvalue weighted by molar-refractivity contribution is 6.33. The first-order valence-corrected chi connectivity index (χ1v) is 5.47. The fourth-order valence-corrected chi connectivity index (χ4v) is 1.46. The Balaban J connectivity index is 2.56. The zero-order valence-corrected chi connectivity index (χ0v) is 9.56. The van der Waals surface area contributed by atoms with E-state index < -0.39 is 5.82 Å². The Hall–Kier alpha value is -1.13. The summed E-state index contributed by atoms with van der Waals surface area (Å²) in [6.45, 7) is 0.549. The molecular formula is C11H14ClFN2O. The topological polar surface area (TPSA) is 55.1 Å². The normalized spacial score (nSPS) is 10.2. The third-order valence-electron chi connectivity index (χ3n) is 2.09. The number of nitrogens with one attached hydrogen (secondary N) is 1. The van der Waals surface area contributed by atoms with E-state index in [1.165, 1.54) is 18.2 Å². The largest absolute Gasteiger partial charge is 0.330 e. The highest BCUT2D eigenvalue weighted by atomic mass is 35.5. The van der Waals surface area contributed by atoms with Crippen molar-refractivity contribution in [3.63, 3.8) is 0 Å². The Morgan fingerprint density at radius 2 is 2.19 bits per heavy atom. The van der Waals surface area contributed by atoms with Crippen molar-refractivity contribution in [3.8, 4) is 0 Å². The highest BCUT2D eigenvalue weighted by Gasteiger charge is 2.09. The molecule has 0 aliphatic rings. The zero-order chi connectivity index (χ0) is 12.0. The Labute approximate surface area is 98.8 Å². The number of benzene rings is 1. The van der Waals surface area contributed by atoms with Gasteiger partial charge >= 0.3 is 0 Å². The number of halogens is 2. The molecule has 0 bridgehead atoms. The van der Waals surface area contributed by atoms with Gasteiger partial charge in [-0.3, -0.25) is 4.79 Å². The lowest BCUT2D eigenvalue weighted by molar-refractivity contribution is -0.116. The van der Waals surface area contributed by atoms with E-state index in [-0.39, 0.29) is 16.6 Å². The van der Waals surface area contributed by atoms with Crippen molar-refractivity contribution >= 4 is 23.2 Å². The Bertz CT molecular complexity index is 351. The van der Waals surface area contributed by atoms with Crippen molar-refractivity contribution in [1.29, 1.82) is 0 Å². The maximum absolute atomic E-state index is 13.3. The first-order chi connectivity index (χ1) is 7.65. The molecule has 0 spiro atoms. The smallest absolute Gasteiger partial charge is 0.224 e. The lowest BCUT2D eigenvalue weighted by atomic mass is 10.2. The van der Waals surface area contributed by atoms with E-state index in [0.717, 1.165) is 6.42 Å². The molecule has 1 amide bonds. The van der Waals surface area contributed by atoms with Crippen LogP contribution in [0.1, 0.15) is 19.3 Å². The van der Waals surface area contributed by atoms with Gasteiger partial charge in [0.25, 0.3) is 0 Å². The fraction of sp³-hybridized carbons (Fsp3) is 0.364. The van der Waals surface area contributed by atoms with Gasteiger partial charge in [-0.2, -0.15) is 0 Å². The average molecular weight is 245 g/mol. The number of carbonyl (C=O) groups is 1. The minimum atomic E-state index is -0.528. The van der Waals surface area contributed by atoms with Crippen LogP contribution in [-0.2, 0) is 4.79 Å². The summed E-state index contributed by atoms with van der Waals surface area (Å²) in [7, 11) is 0. The second kappa shape index (κ2) is 6.45. The molecule has 88 valence electrons. The van der Waals surface area contributed by atoms with Crippen molar-refractivity contribution in [2.75, 3.05) is 11.9 Å². The quantitative estimate of drug-likeness (QED) is 0.782. The number of hydrogen-bond acceptors (Lipinski definition) is 2. The SMILES string of the molecule is NCCCCC(=O)Nc1c(F)cccc1Cl. The summed E-state index contributed by atoms with van der Waals surface area (Å²) in [5.41, 5.74) is 5.35. The lowest BCUT2D eigenvalue weighted by Crippen LogP contribution is -2.13. The van der Waals surface area contributed by atoms with Crippen LogP contribution in [-0.4, -0.2) is 12.5 Å². The number of amides is 1. The fourth-order valence-electron chi connectivity index (χ4n) is 1.25. The summed E-state index contributed by atoms with van der Waals surface area (Å²) in [6, 6.07) is 4.27. The van der Waals surface area contributed by atoms with Crippen molar-refractivity contribution in [3.05, 3.63) is 29.0 Å². The van der Waals surface area contributed by atoms with Crippen LogP contribution in [0.15, 0.2) is 18.2 Å². The number of anilines is 1. The van der Waals surface area contributed by atoms with E-state index in [1.54, 1.807) is 0 Å². The molecule has 0 aliphatic heterocycles. The first kappa shape index (κ1) is 12.9. The van der Waals surface area contributed by atoms with E-state index in [4.69, 9.17) is 17.3 Å². The van der Waals surface area contributed by atoms with Crippen LogP contribution in [0.4, 0.5) is 10.1 Å². The molecule has 0 unspecified atom stereocenters. The van der Waals surface area contributed by atoms with Crippen molar-refractivity contribution in [2.45, 2.75) is 19.3 Å². The van der Waals surface area contributed by atoms with Gasteiger partial charge in [0.05, 0.1) is 10.7 Å². The van der Waals surface area contributed by atoms with Gasteiger partial charge in [0.1, 0.15) is 5.82 Å². The monoisotopic (exact) mass is 244 g/mol. The van der Waals surface area contributed by atoms with Gasteiger partial charge in [-0.05, 0) is 31.5 Å². The first-order valence-electron chi connectivity index (χ1n) is 5.09. The van der Waals surface area contributed by atoms with Crippen molar-refractivity contribution < 1.29 is 9.18 Å². The summed E-state index contributed by atoms with van der Waals surface area (Å²) in [6.07, 6.45) is 1.79. The van der Waals surface area contributed by atoms with Crippen LogP contribution in [0.2, 0.25) is 5.02 Å². The van der Waals surface area contributed by atoms with Crippen LogP contribution < -0.4 is 11.1 Å². The highest BCUT2D eigenvalue weighted by Crippen LogP contribution is 2.24. The molecule has 0 saturated heterocycles. The van der Waals surface area contributed by atoms with Crippen LogP contribution in [0.25, 0.3) is 0 Å². The molecule has 1 rings (SSSR count). The van der Waals surface area contributed by atoms with Crippen LogP contribution in [0.5, 0.6) is 0 Å². The van der Waals surface area contributed by atoms with E-state index in [9.17, 15) is 9.18 Å². The molecule has 0 aromatic heterocycles. The average Bonchev–Trinajstić information content (AvgIpc) is 2.24. The van der Waals surface area contributed by atoms with Gasteiger partial charge in [0.2, 0.25) is 5.91 Å². The van der Waals surface area contributed by atoms with Crippen LogP contribution in [0.3, 0.4) is 0 Å². The number of rotatable bonds is 5. The molecule has 0 heterocycles. The van der Waals surface area contributed by atoms with Gasteiger partial charge in [-0.1, -0.05) is 17.7 Å². The third-order valence-corrected chi connectivity index (χ3v) is 2.40. The molecule has 1 aromatic rings. The second-order valence-corrected chi connectivity index (χ2v) is 3.80. The summed E-state index contributed by atoms with van der Waals surface area (Å²) >= 11 is 5.76. The van der Waals surface area contributed by atoms with E-state index in [1.807, 2.05) is 0 Å². The number of unbranched alkanes of at least 4 members (excludes halogenated alkanes) is 1. The molecule has 3 N–H and O–H groups in total. The molecule has 0 saturated carbocycles. The minimum absolute atomic E-state index is 0.0434. The summed E-state index contributed by atoms with van der Waals surface area (Å²) in [5.74, 6) is -0.778. The van der Waals surface area contributed by atoms with Gasteiger partial charge in [0.15, 0.2) is 0 Å². The predicted octanol–water partition coefficient (Wildman–Crippen LogP) is 2.55. The zero-order valence-electron chi connectivity index (χ0n) is 8.80. The van der Waals surface area contributed by atoms with E-state index in [2.05, 4.69) is 5.32 Å². The number of carbonyl (C=O) groups excluding carboxylic acids is 1. The van der Waals surface area contributed by atoms with Gasteiger partial charge in [-0.15, -0.1) is 0 Å². The molecule has 3 nitrogen and oxygen atoms in total. The van der Waals surface area contributed by atoms with Crippen LogP contribution >= 0.6 is 11.6 Å². The van der Waals surface area contributed by atoms with Gasteiger partial charge in [-0.25, -0.2) is 4.39 Å². The molecule has 0 fully saturated rings. The van der Waals surface area contributed by atoms with E-state index >= 15 is 0 Å². The third kappa shape index (κ3) is 3.79. The summed E-state index contributed by atoms with van der Waals surface area (Å²) < 4.78 is 13.3. The molecule has 0 radical (unpaired) electrons. The maximum atomic E-state index is 13.3. The molecule has 0 aliphatic carbocycles. The molecular weight excluding hydrogens is 231 g/mol. The molecule has 5 heteroatoms. The number of nitrogens with two attached hydrogens (primary N) is 1.